The maximum atomic E-state index is 11.7. The molecule has 0 bridgehead atoms. The molecule has 0 radical (unpaired) electrons. The first-order valence-electron chi connectivity index (χ1n) is 47.7. The Kier molecular flexibility index (Phi) is 94.2. The van der Waals surface area contributed by atoms with Gasteiger partial charge in [0.15, 0.2) is 0 Å². The number of unbranched alkanes of at least 4 members (excludes halogenated alkanes) is 3. The number of rotatable bonds is 82. The summed E-state index contributed by atoms with van der Waals surface area (Å²) in [6, 6.07) is 0. The van der Waals surface area contributed by atoms with E-state index >= 15 is 0 Å². The van der Waals surface area contributed by atoms with Gasteiger partial charge in [0.05, 0.1) is 184 Å². The molecule has 0 saturated heterocycles. The maximum absolute atomic E-state index is 11.7. The van der Waals surface area contributed by atoms with Gasteiger partial charge in [-0.05, 0) is 155 Å². The molecular formula is C98H196O22S8. The van der Waals surface area contributed by atoms with Crippen molar-refractivity contribution in [2.75, 3.05) is 277 Å². The SMILES string of the molecule is CC(C)(C)CCCOC(=O)CCCCSCCOCCOCCSCCCCC(=O)OCCC(C)(C)C.CC(C)(C)COC(=O)CCCCSCCOCCOCCSCCCC(=O)OCC(C)(C)C.CC(C)(C)COCC(O)CSCCOCCOCCSCC(O)COCC(C)(C)C.CC(C)(C)COCCCSCCOCCOCCSCCCOCC(C)(C)C. The van der Waals surface area contributed by atoms with Crippen LogP contribution in [0.5, 0.6) is 0 Å². The second-order valence-electron chi connectivity index (χ2n) is 41.4. The number of thioether (sulfide) groups is 8. The third kappa shape index (κ3) is 132. The summed E-state index contributed by atoms with van der Waals surface area (Å²) in [6.45, 7) is 69.7. The molecule has 22 nitrogen and oxygen atoms in total. The van der Waals surface area contributed by atoms with E-state index in [1.807, 2.05) is 58.8 Å². The van der Waals surface area contributed by atoms with Crippen molar-refractivity contribution in [1.82, 2.24) is 0 Å². The maximum Gasteiger partial charge on any atom is 0.305 e. The van der Waals surface area contributed by atoms with Crippen molar-refractivity contribution in [3.8, 4) is 0 Å². The Morgan fingerprint density at radius 2 is 0.438 bits per heavy atom. The third-order valence-electron chi connectivity index (χ3n) is 16.2. The topological polar surface area (TPSA) is 256 Å². The summed E-state index contributed by atoms with van der Waals surface area (Å²) in [5.74, 6) is 15.0. The molecule has 2 atom stereocenters. The summed E-state index contributed by atoms with van der Waals surface area (Å²) in [7, 11) is 0. The van der Waals surface area contributed by atoms with Crippen LogP contribution in [0.1, 0.15) is 269 Å². The molecule has 30 heteroatoms. The van der Waals surface area contributed by atoms with E-state index in [1.165, 1.54) is 0 Å². The van der Waals surface area contributed by atoms with Crippen molar-refractivity contribution < 1.29 is 105 Å². The number of carbonyl (C=O) groups is 4. The van der Waals surface area contributed by atoms with Gasteiger partial charge in [-0.1, -0.05) is 166 Å². The normalized spacial score (nSPS) is 12.8. The molecule has 2 unspecified atom stereocenters. The van der Waals surface area contributed by atoms with Gasteiger partial charge in [0.1, 0.15) is 0 Å². The number of aliphatic hydroxyl groups excluding tert-OH is 2. The number of aliphatic hydroxyl groups is 2. The van der Waals surface area contributed by atoms with E-state index in [1.54, 1.807) is 35.3 Å². The van der Waals surface area contributed by atoms with Gasteiger partial charge in [-0.2, -0.15) is 94.1 Å². The molecule has 0 heterocycles. The Balaban J connectivity index is -0.000000805. The molecule has 0 rings (SSSR count). The van der Waals surface area contributed by atoms with Crippen LogP contribution >= 0.6 is 94.1 Å². The molecular weight excluding hydrogens is 1790 g/mol. The van der Waals surface area contributed by atoms with Crippen LogP contribution in [-0.4, -0.2) is 323 Å². The molecule has 0 aromatic heterocycles. The Hall–Kier alpha value is 0.120. The fraction of sp³-hybridized carbons (Fsp3) is 0.959. The average Bonchev–Trinajstić information content (AvgIpc) is 0.970. The van der Waals surface area contributed by atoms with Crippen LogP contribution in [-0.2, 0) is 95.0 Å². The molecule has 2 N–H and O–H groups in total. The van der Waals surface area contributed by atoms with E-state index in [2.05, 4.69) is 166 Å². The molecule has 0 spiro atoms. The molecule has 0 aliphatic carbocycles. The number of esters is 4. The molecule has 0 amide bonds. The number of carbonyl (C=O) groups excluding carboxylic acids is 4. The first-order valence-corrected chi connectivity index (χ1v) is 57.0. The van der Waals surface area contributed by atoms with Crippen molar-refractivity contribution in [1.29, 1.82) is 0 Å². The van der Waals surface area contributed by atoms with Crippen LogP contribution in [0.25, 0.3) is 0 Å². The van der Waals surface area contributed by atoms with E-state index in [9.17, 15) is 29.4 Å². The monoisotopic (exact) mass is 1980 g/mol. The number of hydrogen-bond donors (Lipinski definition) is 2. The molecule has 768 valence electrons. The minimum atomic E-state index is -0.429. The first kappa shape index (κ1) is 134. The van der Waals surface area contributed by atoms with Gasteiger partial charge in [-0.3, -0.25) is 19.2 Å². The van der Waals surface area contributed by atoms with Gasteiger partial charge in [-0.25, -0.2) is 0 Å². The minimum absolute atomic E-state index is 0.0224. The highest BCUT2D eigenvalue weighted by molar-refractivity contribution is 8.00. The predicted molar refractivity (Wildman–Crippen MR) is 554 cm³/mol. The standard InChI is InChI=1S/C29H56O6S2.C25H48O6S2.C22H46O6S2.C22H46O4S2/c1-28(2,3)14-11-16-34-26(30)12-7-9-22-36-24-20-32-18-19-33-21-25-37-23-10-8-13-27(31)35-17-15-29(4,5)6;1-24(2,3)20-30-22(26)10-7-8-16-32-18-14-28-12-13-29-15-19-33-17-9-11-23(27)31-21-25(4,5)6;1-21(2,3)17-27-13-19(23)15-29-11-9-25-7-8-26-10-12-30-16-20(24)14-28-18-22(4,5)6;1-21(2,3)19-25-9-7-15-27-17-13-23-11-12-24-14-18-28-16-8-10-26-20-22(4,5)6/h7-25H2,1-6H3;7-21H2,1-6H3;19-20,23-24H,7-18H2,1-6H3;7-20H2,1-6H3. The lowest BCUT2D eigenvalue weighted by molar-refractivity contribution is -0.147. The highest BCUT2D eigenvalue weighted by atomic mass is 32.2. The number of hydrogen-bond acceptors (Lipinski definition) is 30. The lowest BCUT2D eigenvalue weighted by atomic mass is 9.91. The van der Waals surface area contributed by atoms with Crippen LogP contribution in [0.3, 0.4) is 0 Å². The Labute approximate surface area is 818 Å². The second-order valence-corrected chi connectivity index (χ2v) is 51.1. The lowest BCUT2D eigenvalue weighted by Gasteiger charge is -2.19. The fourth-order valence-corrected chi connectivity index (χ4v) is 15.9. The summed E-state index contributed by atoms with van der Waals surface area (Å²) in [5.41, 5.74) is 1.34. The van der Waals surface area contributed by atoms with Gasteiger partial charge in [0.2, 0.25) is 0 Å². The van der Waals surface area contributed by atoms with Gasteiger partial charge in [0, 0.05) is 96.4 Å². The molecule has 0 aromatic rings. The summed E-state index contributed by atoms with van der Waals surface area (Å²) in [6.07, 6.45) is 12.9. The molecule has 0 fully saturated rings. The molecule has 0 aliphatic heterocycles. The third-order valence-corrected chi connectivity index (χ3v) is 24.6. The van der Waals surface area contributed by atoms with E-state index in [0.717, 1.165) is 217 Å². The lowest BCUT2D eigenvalue weighted by Crippen LogP contribution is -2.23. The van der Waals surface area contributed by atoms with Gasteiger partial charge in [-0.15, -0.1) is 0 Å². The summed E-state index contributed by atoms with van der Waals surface area (Å²) < 4.78 is 88.1. The average molecular weight is 1980 g/mol. The summed E-state index contributed by atoms with van der Waals surface area (Å²) in [4.78, 5) is 46.7. The molecule has 0 saturated carbocycles. The highest BCUT2D eigenvalue weighted by Crippen LogP contribution is 2.24. The molecule has 0 aliphatic rings. The fourth-order valence-electron chi connectivity index (χ4n) is 9.54. The van der Waals surface area contributed by atoms with Crippen molar-refractivity contribution in [2.45, 2.75) is 281 Å². The van der Waals surface area contributed by atoms with E-state index in [0.29, 0.717) is 168 Å². The quantitative estimate of drug-likeness (QED) is 0.0326. The van der Waals surface area contributed by atoms with E-state index in [4.69, 9.17) is 75.8 Å². The van der Waals surface area contributed by atoms with Crippen LogP contribution in [0.4, 0.5) is 0 Å². The summed E-state index contributed by atoms with van der Waals surface area (Å²) >= 11 is 14.6. The van der Waals surface area contributed by atoms with Crippen LogP contribution in [0.15, 0.2) is 0 Å². The van der Waals surface area contributed by atoms with Crippen LogP contribution in [0, 0.1) is 43.3 Å². The van der Waals surface area contributed by atoms with Crippen molar-refractivity contribution in [2.24, 2.45) is 43.3 Å². The Morgan fingerprint density at radius 1 is 0.203 bits per heavy atom. The largest absolute Gasteiger partial charge is 0.466 e. The predicted octanol–water partition coefficient (Wildman–Crippen LogP) is 21.5. The Bertz CT molecular complexity index is 2300. The summed E-state index contributed by atoms with van der Waals surface area (Å²) in [5, 5.41) is 19.7. The van der Waals surface area contributed by atoms with Gasteiger partial charge >= 0.3 is 23.9 Å². The highest BCUT2D eigenvalue weighted by Gasteiger charge is 2.20. The second kappa shape index (κ2) is 89.7. The molecule has 0 aromatic carbocycles. The van der Waals surface area contributed by atoms with Crippen LogP contribution < -0.4 is 0 Å². The van der Waals surface area contributed by atoms with Gasteiger partial charge in [0.25, 0.3) is 0 Å². The van der Waals surface area contributed by atoms with Crippen molar-refractivity contribution in [3.63, 3.8) is 0 Å². The van der Waals surface area contributed by atoms with Crippen LogP contribution in [0.2, 0.25) is 0 Å². The zero-order valence-corrected chi connectivity index (χ0v) is 92.4. The van der Waals surface area contributed by atoms with Gasteiger partial charge < -0.3 is 86.0 Å². The smallest absolute Gasteiger partial charge is 0.305 e. The van der Waals surface area contributed by atoms with E-state index < -0.39 is 12.2 Å². The Morgan fingerprint density at radius 3 is 0.711 bits per heavy atom. The minimum Gasteiger partial charge on any atom is -0.466 e. The zero-order valence-electron chi connectivity index (χ0n) is 85.9. The molecule has 128 heavy (non-hydrogen) atoms. The number of ether oxygens (including phenoxy) is 16. The van der Waals surface area contributed by atoms with Crippen molar-refractivity contribution >= 4 is 118 Å². The van der Waals surface area contributed by atoms with Crippen molar-refractivity contribution in [3.05, 3.63) is 0 Å². The van der Waals surface area contributed by atoms with E-state index in [-0.39, 0.29) is 61.8 Å². The zero-order chi connectivity index (χ0) is 96.9. The first-order chi connectivity index (χ1) is 60.2.